The summed E-state index contributed by atoms with van der Waals surface area (Å²) in [5.74, 6) is 0.288. The van der Waals surface area contributed by atoms with Crippen LogP contribution in [-0.2, 0) is 6.54 Å². The highest BCUT2D eigenvalue weighted by molar-refractivity contribution is 6.34. The summed E-state index contributed by atoms with van der Waals surface area (Å²) >= 11 is 0. The number of nitrogens with zero attached hydrogens (tertiary/aromatic N) is 3. The Bertz CT molecular complexity index is 405. The zero-order valence-electron chi connectivity index (χ0n) is 9.88. The van der Waals surface area contributed by atoms with E-state index in [0.29, 0.717) is 13.0 Å². The zero-order valence-corrected chi connectivity index (χ0v) is 9.88. The first-order valence-corrected chi connectivity index (χ1v) is 5.35. The van der Waals surface area contributed by atoms with Crippen LogP contribution in [0.15, 0.2) is 0 Å². The van der Waals surface area contributed by atoms with E-state index in [2.05, 4.69) is 10.4 Å². The minimum absolute atomic E-state index is 0.00528. The van der Waals surface area contributed by atoms with Gasteiger partial charge in [0.25, 0.3) is 0 Å². The first kappa shape index (κ1) is 13.5. The Morgan fingerprint density at radius 1 is 1.65 bits per heavy atom. The van der Waals surface area contributed by atoms with E-state index in [0.717, 1.165) is 0 Å². The Hall–Kier alpha value is -1.57. The number of hydrogen-bond acceptors (Lipinski definition) is 5. The van der Waals surface area contributed by atoms with Gasteiger partial charge in [0.15, 0.2) is 7.85 Å². The molecule has 2 radical (unpaired) electrons. The maximum absolute atomic E-state index is 10.9. The molecule has 0 aliphatic rings. The van der Waals surface area contributed by atoms with E-state index in [9.17, 15) is 10.1 Å². The number of aromatic nitrogens is 2. The topological polar surface area (TPSA) is 93.2 Å². The fourth-order valence-electron chi connectivity index (χ4n) is 1.45. The quantitative estimate of drug-likeness (QED) is 0.406. The van der Waals surface area contributed by atoms with Crippen LogP contribution in [0.5, 0.6) is 0 Å². The monoisotopic (exact) mass is 238 g/mol. The van der Waals surface area contributed by atoms with E-state index >= 15 is 0 Å². The van der Waals surface area contributed by atoms with Crippen molar-refractivity contribution in [2.24, 2.45) is 0 Å². The summed E-state index contributed by atoms with van der Waals surface area (Å²) in [5, 5.41) is 26.5. The van der Waals surface area contributed by atoms with Gasteiger partial charge in [-0.1, -0.05) is 0 Å². The van der Waals surface area contributed by atoms with Crippen molar-refractivity contribution in [2.45, 2.75) is 32.9 Å². The minimum Gasteiger partial charge on any atom is -0.396 e. The van der Waals surface area contributed by atoms with Crippen LogP contribution in [0, 0.1) is 10.1 Å². The second-order valence-corrected chi connectivity index (χ2v) is 3.94. The van der Waals surface area contributed by atoms with Crippen LogP contribution in [0.1, 0.15) is 20.3 Å². The molecular weight excluding hydrogens is 223 g/mol. The molecule has 1 heterocycles. The Morgan fingerprint density at radius 3 is 2.76 bits per heavy atom. The van der Waals surface area contributed by atoms with Crippen molar-refractivity contribution in [3.63, 3.8) is 0 Å². The molecule has 0 aromatic carbocycles. The van der Waals surface area contributed by atoms with Gasteiger partial charge in [0.1, 0.15) is 0 Å². The summed E-state index contributed by atoms with van der Waals surface area (Å²) < 4.78 is 1.42. The average molecular weight is 238 g/mol. The largest absolute Gasteiger partial charge is 0.396 e. The van der Waals surface area contributed by atoms with E-state index in [-0.39, 0.29) is 29.7 Å². The molecule has 0 unspecified atom stereocenters. The van der Waals surface area contributed by atoms with E-state index < -0.39 is 4.92 Å². The summed E-state index contributed by atoms with van der Waals surface area (Å²) in [6.07, 6.45) is 0.463. The SMILES string of the molecule is [B]c1nn(CCCO)c(NC(C)C)c1[N+](=O)[O-]. The molecular formula is C9H15BN4O3. The molecule has 0 atom stereocenters. The molecule has 8 heteroatoms. The van der Waals surface area contributed by atoms with Crippen molar-refractivity contribution < 1.29 is 10.0 Å². The highest BCUT2D eigenvalue weighted by Crippen LogP contribution is 2.22. The number of nitrogens with one attached hydrogen (secondary N) is 1. The zero-order chi connectivity index (χ0) is 13.0. The lowest BCUT2D eigenvalue weighted by atomic mass is 10.0. The first-order valence-electron chi connectivity index (χ1n) is 5.35. The van der Waals surface area contributed by atoms with Crippen molar-refractivity contribution in [3.8, 4) is 0 Å². The number of aliphatic hydroxyl groups excluding tert-OH is 1. The molecule has 0 saturated carbocycles. The molecule has 0 bridgehead atoms. The van der Waals surface area contributed by atoms with E-state index in [1.807, 2.05) is 13.8 Å². The summed E-state index contributed by atoms with van der Waals surface area (Å²) in [6.45, 7) is 4.10. The summed E-state index contributed by atoms with van der Waals surface area (Å²) in [7, 11) is 5.51. The summed E-state index contributed by atoms with van der Waals surface area (Å²) in [4.78, 5) is 10.3. The average Bonchev–Trinajstić information content (AvgIpc) is 2.51. The second-order valence-electron chi connectivity index (χ2n) is 3.94. The van der Waals surface area contributed by atoms with Crippen LogP contribution >= 0.6 is 0 Å². The molecule has 0 aliphatic heterocycles. The third kappa shape index (κ3) is 3.19. The smallest absolute Gasteiger partial charge is 0.323 e. The highest BCUT2D eigenvalue weighted by atomic mass is 16.6. The van der Waals surface area contributed by atoms with Crippen LogP contribution < -0.4 is 10.9 Å². The Labute approximate surface area is 100 Å². The number of hydrogen-bond donors (Lipinski definition) is 2. The Kier molecular flexibility index (Phi) is 4.50. The van der Waals surface area contributed by atoms with Gasteiger partial charge in [-0.2, -0.15) is 5.10 Å². The van der Waals surface area contributed by atoms with Gasteiger partial charge in [0, 0.05) is 19.2 Å². The molecule has 17 heavy (non-hydrogen) atoms. The van der Waals surface area contributed by atoms with Crippen molar-refractivity contribution in [2.75, 3.05) is 11.9 Å². The van der Waals surface area contributed by atoms with E-state index in [4.69, 9.17) is 13.0 Å². The van der Waals surface area contributed by atoms with Gasteiger partial charge in [0.2, 0.25) is 5.82 Å². The fraction of sp³-hybridized carbons (Fsp3) is 0.667. The molecule has 0 aliphatic carbocycles. The predicted octanol–water partition coefficient (Wildman–Crippen LogP) is -0.212. The van der Waals surface area contributed by atoms with Crippen LogP contribution in [0.4, 0.5) is 11.5 Å². The lowest BCUT2D eigenvalue weighted by Gasteiger charge is -2.11. The highest BCUT2D eigenvalue weighted by Gasteiger charge is 2.24. The maximum Gasteiger partial charge on any atom is 0.323 e. The van der Waals surface area contributed by atoms with Crippen LogP contribution in [0.25, 0.3) is 0 Å². The van der Waals surface area contributed by atoms with Gasteiger partial charge < -0.3 is 10.4 Å². The van der Waals surface area contributed by atoms with Crippen LogP contribution in [0.3, 0.4) is 0 Å². The van der Waals surface area contributed by atoms with Gasteiger partial charge in [-0.05, 0) is 20.3 Å². The molecule has 7 nitrogen and oxygen atoms in total. The van der Waals surface area contributed by atoms with E-state index in [1.54, 1.807) is 0 Å². The lowest BCUT2D eigenvalue weighted by molar-refractivity contribution is -0.382. The van der Waals surface area contributed by atoms with Gasteiger partial charge in [-0.3, -0.25) is 10.1 Å². The summed E-state index contributed by atoms with van der Waals surface area (Å²) in [5.41, 5.74) is -0.326. The Balaban J connectivity index is 3.11. The number of aryl methyl sites for hydroxylation is 1. The standard InChI is InChI=1S/C9H15BN4O3/c1-6(2)11-9-7(14(16)17)8(10)12-13(9)4-3-5-15/h6,11,15H,3-5H2,1-2H3. The molecule has 2 N–H and O–H groups in total. The predicted molar refractivity (Wildman–Crippen MR) is 64.7 cm³/mol. The van der Waals surface area contributed by atoms with Crippen LogP contribution in [-0.4, -0.2) is 40.3 Å². The maximum atomic E-state index is 10.9. The molecule has 0 spiro atoms. The second kappa shape index (κ2) is 5.67. The molecule has 1 rings (SSSR count). The van der Waals surface area contributed by atoms with Crippen LogP contribution in [0.2, 0.25) is 0 Å². The number of aliphatic hydroxyl groups is 1. The number of nitro groups is 1. The number of anilines is 1. The summed E-state index contributed by atoms with van der Waals surface area (Å²) in [6, 6.07) is 0.0256. The molecule has 0 fully saturated rings. The van der Waals surface area contributed by atoms with Gasteiger partial charge in [0.05, 0.1) is 10.5 Å². The normalized spacial score (nSPS) is 10.8. The molecule has 92 valence electrons. The van der Waals surface area contributed by atoms with Crippen molar-refractivity contribution in [3.05, 3.63) is 10.1 Å². The van der Waals surface area contributed by atoms with Gasteiger partial charge >= 0.3 is 5.69 Å². The molecule has 1 aromatic rings. The molecule has 0 amide bonds. The van der Waals surface area contributed by atoms with Gasteiger partial charge in [-0.25, -0.2) is 4.68 Å². The molecule has 0 saturated heterocycles. The van der Waals surface area contributed by atoms with Crippen molar-refractivity contribution in [1.29, 1.82) is 0 Å². The van der Waals surface area contributed by atoms with Crippen molar-refractivity contribution in [1.82, 2.24) is 9.78 Å². The van der Waals surface area contributed by atoms with Gasteiger partial charge in [-0.15, -0.1) is 0 Å². The third-order valence-corrected chi connectivity index (χ3v) is 2.09. The van der Waals surface area contributed by atoms with E-state index in [1.165, 1.54) is 4.68 Å². The Morgan fingerprint density at radius 2 is 2.29 bits per heavy atom. The third-order valence-electron chi connectivity index (χ3n) is 2.09. The number of rotatable bonds is 6. The van der Waals surface area contributed by atoms with Crippen molar-refractivity contribution >= 4 is 24.9 Å². The fourth-order valence-corrected chi connectivity index (χ4v) is 1.45. The first-order chi connectivity index (χ1) is 7.97. The minimum atomic E-state index is -0.553. The lowest BCUT2D eigenvalue weighted by Crippen LogP contribution is -2.16. The molecule has 1 aromatic heterocycles.